The van der Waals surface area contributed by atoms with Crippen molar-refractivity contribution >= 4 is 6.29 Å². The molecule has 0 aromatic heterocycles. The second-order valence-electron chi connectivity index (χ2n) is 2.91. The minimum Gasteiger partial charge on any atom is -0.507 e. The molecule has 1 aromatic rings. The van der Waals surface area contributed by atoms with Crippen LogP contribution in [0.4, 0.5) is 0 Å². The average molecular weight is 180 g/mol. The summed E-state index contributed by atoms with van der Waals surface area (Å²) in [6.07, 6.45) is 0.634. The molecule has 0 heterocycles. The standard InChI is InChI=1S/C10H12O3/c1-6-4-8(5-11)9(12)7(2)10(6)13-3/h4-5,12H,1-3H3. The molecule has 0 radical (unpaired) electrons. The first kappa shape index (κ1) is 9.58. The molecular weight excluding hydrogens is 168 g/mol. The van der Waals surface area contributed by atoms with Crippen molar-refractivity contribution in [3.8, 4) is 11.5 Å². The summed E-state index contributed by atoms with van der Waals surface area (Å²) < 4.78 is 5.08. The highest BCUT2D eigenvalue weighted by molar-refractivity contribution is 5.81. The first-order valence-corrected chi connectivity index (χ1v) is 3.94. The summed E-state index contributed by atoms with van der Waals surface area (Å²) >= 11 is 0. The number of phenolic OH excluding ortho intramolecular Hbond substituents is 1. The molecule has 0 saturated heterocycles. The highest BCUT2D eigenvalue weighted by atomic mass is 16.5. The van der Waals surface area contributed by atoms with E-state index in [2.05, 4.69) is 0 Å². The summed E-state index contributed by atoms with van der Waals surface area (Å²) in [7, 11) is 1.54. The molecule has 0 aliphatic carbocycles. The SMILES string of the molecule is COc1c(C)cc(C=O)c(O)c1C. The zero-order valence-electron chi connectivity index (χ0n) is 7.92. The number of hydrogen-bond acceptors (Lipinski definition) is 3. The van der Waals surface area contributed by atoms with Gasteiger partial charge in [0.25, 0.3) is 0 Å². The van der Waals surface area contributed by atoms with Gasteiger partial charge in [-0.25, -0.2) is 0 Å². The van der Waals surface area contributed by atoms with E-state index in [0.717, 1.165) is 5.56 Å². The third-order valence-corrected chi connectivity index (χ3v) is 2.03. The molecule has 3 heteroatoms. The van der Waals surface area contributed by atoms with Crippen molar-refractivity contribution < 1.29 is 14.6 Å². The molecule has 0 saturated carbocycles. The van der Waals surface area contributed by atoms with E-state index in [9.17, 15) is 9.90 Å². The van der Waals surface area contributed by atoms with E-state index in [1.165, 1.54) is 7.11 Å². The van der Waals surface area contributed by atoms with Crippen LogP contribution in [-0.2, 0) is 0 Å². The van der Waals surface area contributed by atoms with Gasteiger partial charge in [-0.2, -0.15) is 0 Å². The van der Waals surface area contributed by atoms with Crippen LogP contribution in [0.25, 0.3) is 0 Å². The quantitative estimate of drug-likeness (QED) is 0.706. The molecule has 0 fully saturated rings. The van der Waals surface area contributed by atoms with E-state index in [-0.39, 0.29) is 5.75 Å². The van der Waals surface area contributed by atoms with Crippen LogP contribution in [0.1, 0.15) is 21.5 Å². The molecule has 70 valence electrons. The van der Waals surface area contributed by atoms with Crippen molar-refractivity contribution in [3.63, 3.8) is 0 Å². The fourth-order valence-electron chi connectivity index (χ4n) is 1.39. The fraction of sp³-hybridized carbons (Fsp3) is 0.300. The summed E-state index contributed by atoms with van der Waals surface area (Å²) in [6.45, 7) is 3.55. The lowest BCUT2D eigenvalue weighted by Gasteiger charge is -2.11. The normalized spacial score (nSPS) is 9.77. The number of benzene rings is 1. The molecule has 1 N–H and O–H groups in total. The number of phenols is 1. The average Bonchev–Trinajstić information content (AvgIpc) is 2.12. The van der Waals surface area contributed by atoms with Gasteiger partial charge in [0.2, 0.25) is 0 Å². The number of rotatable bonds is 2. The number of methoxy groups -OCH3 is 1. The largest absolute Gasteiger partial charge is 0.507 e. The van der Waals surface area contributed by atoms with Crippen LogP contribution in [-0.4, -0.2) is 18.5 Å². The highest BCUT2D eigenvalue weighted by Crippen LogP contribution is 2.32. The Morgan fingerprint density at radius 3 is 2.54 bits per heavy atom. The van der Waals surface area contributed by atoms with Crippen LogP contribution in [0.5, 0.6) is 11.5 Å². The van der Waals surface area contributed by atoms with Crippen LogP contribution >= 0.6 is 0 Å². The third kappa shape index (κ3) is 1.49. The van der Waals surface area contributed by atoms with Crippen molar-refractivity contribution in [2.45, 2.75) is 13.8 Å². The summed E-state index contributed by atoms with van der Waals surface area (Å²) in [5, 5.41) is 9.52. The lowest BCUT2D eigenvalue weighted by atomic mass is 10.0. The van der Waals surface area contributed by atoms with Crippen LogP contribution in [0, 0.1) is 13.8 Å². The van der Waals surface area contributed by atoms with E-state index in [0.29, 0.717) is 23.2 Å². The number of carbonyl (C=O) groups excluding carboxylic acids is 1. The predicted octanol–water partition coefficient (Wildman–Crippen LogP) is 1.83. The second-order valence-corrected chi connectivity index (χ2v) is 2.91. The van der Waals surface area contributed by atoms with E-state index < -0.39 is 0 Å². The van der Waals surface area contributed by atoms with Crippen LogP contribution < -0.4 is 4.74 Å². The van der Waals surface area contributed by atoms with Crippen molar-refractivity contribution in [3.05, 3.63) is 22.8 Å². The molecule has 0 unspecified atom stereocenters. The molecule has 0 amide bonds. The maximum absolute atomic E-state index is 10.5. The van der Waals surface area contributed by atoms with Gasteiger partial charge in [0.15, 0.2) is 6.29 Å². The number of aldehydes is 1. The molecule has 0 aliphatic rings. The summed E-state index contributed by atoms with van der Waals surface area (Å²) in [4.78, 5) is 10.5. The van der Waals surface area contributed by atoms with Gasteiger partial charge in [0, 0.05) is 5.56 Å². The molecule has 0 bridgehead atoms. The summed E-state index contributed by atoms with van der Waals surface area (Å²) in [6, 6.07) is 1.61. The van der Waals surface area contributed by atoms with Crippen molar-refractivity contribution in [2.24, 2.45) is 0 Å². The van der Waals surface area contributed by atoms with E-state index in [4.69, 9.17) is 4.74 Å². The lowest BCUT2D eigenvalue weighted by Crippen LogP contribution is -1.94. The number of aryl methyl sites for hydroxylation is 1. The topological polar surface area (TPSA) is 46.5 Å². The van der Waals surface area contributed by atoms with Gasteiger partial charge >= 0.3 is 0 Å². The minimum atomic E-state index is -0.00236. The van der Waals surface area contributed by atoms with E-state index in [1.54, 1.807) is 13.0 Å². The molecule has 0 atom stereocenters. The number of aromatic hydroxyl groups is 1. The Balaban J connectivity index is 3.45. The molecule has 13 heavy (non-hydrogen) atoms. The van der Waals surface area contributed by atoms with Crippen LogP contribution in [0.2, 0.25) is 0 Å². The van der Waals surface area contributed by atoms with Crippen LogP contribution in [0.3, 0.4) is 0 Å². The van der Waals surface area contributed by atoms with Crippen LogP contribution in [0.15, 0.2) is 6.07 Å². The lowest BCUT2D eigenvalue weighted by molar-refractivity contribution is 0.112. The first-order chi connectivity index (χ1) is 6.11. The molecular formula is C10H12O3. The van der Waals surface area contributed by atoms with Gasteiger partial charge in [-0.1, -0.05) is 0 Å². The highest BCUT2D eigenvalue weighted by Gasteiger charge is 2.11. The van der Waals surface area contributed by atoms with Gasteiger partial charge in [-0.15, -0.1) is 0 Å². The molecule has 3 nitrogen and oxygen atoms in total. The van der Waals surface area contributed by atoms with Crippen molar-refractivity contribution in [1.82, 2.24) is 0 Å². The summed E-state index contributed by atoms with van der Waals surface area (Å²) in [5.41, 5.74) is 1.75. The molecule has 0 spiro atoms. The van der Waals surface area contributed by atoms with Gasteiger partial charge in [-0.3, -0.25) is 4.79 Å². The Morgan fingerprint density at radius 1 is 1.46 bits per heavy atom. The van der Waals surface area contributed by atoms with Crippen molar-refractivity contribution in [2.75, 3.05) is 7.11 Å². The van der Waals surface area contributed by atoms with Crippen molar-refractivity contribution in [1.29, 1.82) is 0 Å². The van der Waals surface area contributed by atoms with Gasteiger partial charge < -0.3 is 9.84 Å². The fourth-order valence-corrected chi connectivity index (χ4v) is 1.39. The Labute approximate surface area is 77.0 Å². The van der Waals surface area contributed by atoms with Gasteiger partial charge in [-0.05, 0) is 25.5 Å². The Hall–Kier alpha value is -1.51. The maximum Gasteiger partial charge on any atom is 0.153 e. The first-order valence-electron chi connectivity index (χ1n) is 3.94. The number of carbonyl (C=O) groups is 1. The molecule has 1 rings (SSSR count). The third-order valence-electron chi connectivity index (χ3n) is 2.03. The van der Waals surface area contributed by atoms with E-state index in [1.807, 2.05) is 6.92 Å². The number of ether oxygens (including phenoxy) is 1. The van der Waals surface area contributed by atoms with Gasteiger partial charge in [0.1, 0.15) is 11.5 Å². The Morgan fingerprint density at radius 2 is 2.08 bits per heavy atom. The monoisotopic (exact) mass is 180 g/mol. The minimum absolute atomic E-state index is 0.00236. The smallest absolute Gasteiger partial charge is 0.153 e. The zero-order chi connectivity index (χ0) is 10.0. The second kappa shape index (κ2) is 3.47. The Kier molecular flexibility index (Phi) is 2.56. The van der Waals surface area contributed by atoms with E-state index >= 15 is 0 Å². The zero-order valence-corrected chi connectivity index (χ0v) is 7.92. The maximum atomic E-state index is 10.5. The molecule has 1 aromatic carbocycles. The Bertz CT molecular complexity index is 343. The summed E-state index contributed by atoms with van der Waals surface area (Å²) in [5.74, 6) is 0.626. The predicted molar refractivity (Wildman–Crippen MR) is 49.5 cm³/mol. The van der Waals surface area contributed by atoms with Gasteiger partial charge in [0.05, 0.1) is 12.7 Å². The number of hydrogen-bond donors (Lipinski definition) is 1. The molecule has 0 aliphatic heterocycles.